The highest BCUT2D eigenvalue weighted by molar-refractivity contribution is 7.98. The number of nitrogens with two attached hydrogens (primary N) is 1. The summed E-state index contributed by atoms with van der Waals surface area (Å²) in [6.07, 6.45) is 4.19. The first-order valence-corrected chi connectivity index (χ1v) is 12.7. The third kappa shape index (κ3) is 5.61. The number of nitriles is 2. The van der Waals surface area contributed by atoms with Crippen molar-refractivity contribution in [1.29, 1.82) is 10.5 Å². The summed E-state index contributed by atoms with van der Waals surface area (Å²) in [7, 11) is 0. The predicted octanol–water partition coefficient (Wildman–Crippen LogP) is 7.16. The number of aromatic nitrogens is 2. The van der Waals surface area contributed by atoms with Gasteiger partial charge in [-0.05, 0) is 30.0 Å². The van der Waals surface area contributed by atoms with Crippen molar-refractivity contribution < 1.29 is 0 Å². The molecule has 0 saturated carbocycles. The molecule has 3 rings (SSSR count). The van der Waals surface area contributed by atoms with Crippen LogP contribution in [0.1, 0.15) is 67.8 Å². The zero-order valence-electron chi connectivity index (χ0n) is 18.1. The van der Waals surface area contributed by atoms with Crippen LogP contribution in [0.15, 0.2) is 34.7 Å². The van der Waals surface area contributed by atoms with Crippen LogP contribution in [0.4, 0.5) is 5.82 Å². The summed E-state index contributed by atoms with van der Waals surface area (Å²) in [6.45, 7) is 4.21. The molecule has 2 N–H and O–H groups in total. The first-order chi connectivity index (χ1) is 15.5. The molecule has 1 aromatic carbocycles. The number of anilines is 1. The molecule has 1 atom stereocenters. The van der Waals surface area contributed by atoms with Gasteiger partial charge in [0.05, 0.1) is 16.8 Å². The second kappa shape index (κ2) is 11.3. The predicted molar refractivity (Wildman–Crippen MR) is 133 cm³/mol. The lowest BCUT2D eigenvalue weighted by Crippen LogP contribution is -2.09. The van der Waals surface area contributed by atoms with Gasteiger partial charge in [-0.3, -0.25) is 0 Å². The number of thiazole rings is 1. The molecule has 0 radical (unpaired) electrons. The van der Waals surface area contributed by atoms with Crippen LogP contribution in [0, 0.1) is 22.7 Å². The Morgan fingerprint density at radius 1 is 1.12 bits per heavy atom. The molecule has 0 amide bonds. The Hall–Kier alpha value is -2.58. The van der Waals surface area contributed by atoms with Crippen LogP contribution in [0.3, 0.4) is 0 Å². The molecule has 0 fully saturated rings. The minimum absolute atomic E-state index is 0.0614. The average Bonchev–Trinajstić information content (AvgIpc) is 3.26. The van der Waals surface area contributed by atoms with Gasteiger partial charge in [0.2, 0.25) is 0 Å². The summed E-state index contributed by atoms with van der Waals surface area (Å²) in [5, 5.41) is 23.8. The van der Waals surface area contributed by atoms with Crippen molar-refractivity contribution in [3.8, 4) is 22.7 Å². The summed E-state index contributed by atoms with van der Waals surface area (Å²) in [5.74, 6) is 0.804. The molecular weight excluding hydrogens is 458 g/mol. The van der Waals surface area contributed by atoms with Crippen molar-refractivity contribution in [3.05, 3.63) is 57.1 Å². The maximum atomic E-state index is 9.93. The Labute approximate surface area is 202 Å². The number of pyridine rings is 1. The van der Waals surface area contributed by atoms with Gasteiger partial charge in [-0.15, -0.1) is 11.3 Å². The van der Waals surface area contributed by atoms with Crippen molar-refractivity contribution in [2.24, 2.45) is 0 Å². The summed E-state index contributed by atoms with van der Waals surface area (Å²) in [4.78, 5) is 9.11. The number of unbranched alkanes of at least 4 members (excludes halogenated alkanes) is 2. The topological polar surface area (TPSA) is 99.4 Å². The second-order valence-electron chi connectivity index (χ2n) is 7.53. The minimum atomic E-state index is 0.0614. The van der Waals surface area contributed by atoms with E-state index in [4.69, 9.17) is 22.3 Å². The van der Waals surface area contributed by atoms with E-state index >= 15 is 0 Å². The summed E-state index contributed by atoms with van der Waals surface area (Å²) in [6, 6.07) is 12.0. The zero-order chi connectivity index (χ0) is 23.1. The van der Waals surface area contributed by atoms with E-state index in [1.54, 1.807) is 11.3 Å². The molecule has 164 valence electrons. The SMILES string of the molecule is CCCCCC(C)c1c(C#N)c(N)nc(SCc2csc(-c3ccc(Cl)cc3)n2)c1C#N. The minimum Gasteiger partial charge on any atom is -0.383 e. The first-order valence-electron chi connectivity index (χ1n) is 10.4. The van der Waals surface area contributed by atoms with E-state index in [1.807, 2.05) is 29.6 Å². The highest BCUT2D eigenvalue weighted by Gasteiger charge is 2.23. The maximum Gasteiger partial charge on any atom is 0.143 e. The van der Waals surface area contributed by atoms with E-state index in [1.165, 1.54) is 11.8 Å². The number of nitrogen functional groups attached to an aromatic ring is 1. The summed E-state index contributed by atoms with van der Waals surface area (Å²) >= 11 is 8.96. The van der Waals surface area contributed by atoms with Gasteiger partial charge < -0.3 is 5.73 Å². The number of benzene rings is 1. The Morgan fingerprint density at radius 3 is 2.50 bits per heavy atom. The smallest absolute Gasteiger partial charge is 0.143 e. The highest BCUT2D eigenvalue weighted by Crippen LogP contribution is 2.36. The zero-order valence-corrected chi connectivity index (χ0v) is 20.4. The molecule has 0 aliphatic carbocycles. The van der Waals surface area contributed by atoms with Gasteiger partial charge in [-0.2, -0.15) is 10.5 Å². The lowest BCUT2D eigenvalue weighted by Gasteiger charge is -2.18. The van der Waals surface area contributed by atoms with E-state index in [2.05, 4.69) is 31.0 Å². The molecular formula is C24H24ClN5S2. The molecule has 0 saturated heterocycles. The molecule has 0 aliphatic rings. The Bertz CT molecular complexity index is 1160. The van der Waals surface area contributed by atoms with Gasteiger partial charge in [0, 0.05) is 21.7 Å². The molecule has 0 aliphatic heterocycles. The van der Waals surface area contributed by atoms with E-state index in [-0.39, 0.29) is 11.7 Å². The van der Waals surface area contributed by atoms with E-state index in [9.17, 15) is 10.5 Å². The third-order valence-electron chi connectivity index (χ3n) is 5.19. The molecule has 2 aromatic heterocycles. The van der Waals surface area contributed by atoms with E-state index in [0.29, 0.717) is 26.9 Å². The van der Waals surface area contributed by atoms with Crippen molar-refractivity contribution in [2.45, 2.75) is 56.2 Å². The van der Waals surface area contributed by atoms with Gasteiger partial charge in [-0.1, -0.05) is 68.6 Å². The van der Waals surface area contributed by atoms with Crippen LogP contribution in [-0.2, 0) is 5.75 Å². The fourth-order valence-corrected chi connectivity index (χ4v) is 5.46. The fourth-order valence-electron chi connectivity index (χ4n) is 3.51. The number of halogens is 1. The molecule has 32 heavy (non-hydrogen) atoms. The molecule has 0 spiro atoms. The van der Waals surface area contributed by atoms with Crippen molar-refractivity contribution in [3.63, 3.8) is 0 Å². The van der Waals surface area contributed by atoms with Gasteiger partial charge in [0.15, 0.2) is 0 Å². The lowest BCUT2D eigenvalue weighted by atomic mass is 9.89. The van der Waals surface area contributed by atoms with Crippen molar-refractivity contribution >= 4 is 40.5 Å². The maximum absolute atomic E-state index is 9.93. The van der Waals surface area contributed by atoms with Gasteiger partial charge in [-0.25, -0.2) is 9.97 Å². The molecule has 3 aromatic rings. The quantitative estimate of drug-likeness (QED) is 0.257. The number of hydrogen-bond acceptors (Lipinski definition) is 7. The normalized spacial score (nSPS) is 11.7. The number of rotatable bonds is 9. The molecule has 8 heteroatoms. The van der Waals surface area contributed by atoms with Crippen molar-refractivity contribution in [2.75, 3.05) is 5.73 Å². The van der Waals surface area contributed by atoms with Crippen LogP contribution in [0.5, 0.6) is 0 Å². The second-order valence-corrected chi connectivity index (χ2v) is 9.78. The number of nitrogens with zero attached hydrogens (tertiary/aromatic N) is 4. The fraction of sp³-hybridized carbons (Fsp3) is 0.333. The Kier molecular flexibility index (Phi) is 8.53. The largest absolute Gasteiger partial charge is 0.383 e. The Balaban J connectivity index is 1.84. The van der Waals surface area contributed by atoms with Crippen LogP contribution in [-0.4, -0.2) is 9.97 Å². The number of thioether (sulfide) groups is 1. The van der Waals surface area contributed by atoms with Gasteiger partial charge in [0.25, 0.3) is 0 Å². The standard InChI is InChI=1S/C24H24ClN5S2/c1-3-4-5-6-15(2)21-19(11-26)22(28)30-24(20(21)12-27)32-14-18-13-31-23(29-18)16-7-9-17(25)10-8-16/h7-10,13,15H,3-6,14H2,1-2H3,(H2,28,30). The molecule has 5 nitrogen and oxygen atoms in total. The average molecular weight is 482 g/mol. The monoisotopic (exact) mass is 481 g/mol. The molecule has 1 unspecified atom stereocenters. The van der Waals surface area contributed by atoms with E-state index < -0.39 is 0 Å². The summed E-state index contributed by atoms with van der Waals surface area (Å²) in [5.41, 5.74) is 9.55. The third-order valence-corrected chi connectivity index (χ3v) is 7.39. The van der Waals surface area contributed by atoms with Crippen LogP contribution >= 0.6 is 34.7 Å². The van der Waals surface area contributed by atoms with Crippen molar-refractivity contribution in [1.82, 2.24) is 9.97 Å². The van der Waals surface area contributed by atoms with Crippen LogP contribution < -0.4 is 5.73 Å². The number of hydrogen-bond donors (Lipinski definition) is 1. The van der Waals surface area contributed by atoms with Crippen LogP contribution in [0.2, 0.25) is 5.02 Å². The van der Waals surface area contributed by atoms with E-state index in [0.717, 1.165) is 47.5 Å². The summed E-state index contributed by atoms with van der Waals surface area (Å²) < 4.78 is 0. The highest BCUT2D eigenvalue weighted by atomic mass is 35.5. The Morgan fingerprint density at radius 2 is 1.84 bits per heavy atom. The van der Waals surface area contributed by atoms with Gasteiger partial charge >= 0.3 is 0 Å². The first kappa shape index (κ1) is 24.1. The van der Waals surface area contributed by atoms with Crippen LogP contribution in [0.25, 0.3) is 10.6 Å². The lowest BCUT2D eigenvalue weighted by molar-refractivity contribution is 0.595. The molecule has 0 bridgehead atoms. The molecule has 2 heterocycles. The van der Waals surface area contributed by atoms with Gasteiger partial charge in [0.1, 0.15) is 28.0 Å².